The summed E-state index contributed by atoms with van der Waals surface area (Å²) in [5, 5.41) is 0. The van der Waals surface area contributed by atoms with E-state index in [1.165, 1.54) is 7.11 Å². The minimum atomic E-state index is -0.0802. The maximum absolute atomic E-state index is 10.9. The van der Waals surface area contributed by atoms with Crippen LogP contribution in [0, 0.1) is 5.92 Å². The van der Waals surface area contributed by atoms with E-state index in [-0.39, 0.29) is 5.97 Å². The second-order valence-electron chi connectivity index (χ2n) is 3.69. The van der Waals surface area contributed by atoms with Crippen molar-refractivity contribution in [2.75, 3.05) is 20.2 Å². The lowest BCUT2D eigenvalue weighted by Gasteiger charge is -2.41. The molecule has 0 radical (unpaired) electrons. The predicted octanol–water partition coefficient (Wildman–Crippen LogP) is 0.890. The fourth-order valence-electron chi connectivity index (χ4n) is 1.48. The monoisotopic (exact) mass is 171 g/mol. The van der Waals surface area contributed by atoms with Crippen molar-refractivity contribution >= 4 is 5.97 Å². The van der Waals surface area contributed by atoms with E-state index in [1.807, 2.05) is 0 Å². The maximum Gasteiger partial charge on any atom is 0.305 e. The maximum atomic E-state index is 10.9. The topological polar surface area (TPSA) is 29.5 Å². The van der Waals surface area contributed by atoms with Gasteiger partial charge in [-0.2, -0.15) is 0 Å². The van der Waals surface area contributed by atoms with E-state index in [0.29, 0.717) is 18.4 Å². The van der Waals surface area contributed by atoms with Crippen LogP contribution in [-0.2, 0) is 9.53 Å². The van der Waals surface area contributed by atoms with Crippen LogP contribution >= 0.6 is 0 Å². The number of nitrogens with zero attached hydrogens (tertiary/aromatic N) is 1. The molecule has 0 atom stereocenters. The van der Waals surface area contributed by atoms with Crippen molar-refractivity contribution in [3.63, 3.8) is 0 Å². The molecule has 12 heavy (non-hydrogen) atoms. The van der Waals surface area contributed by atoms with Gasteiger partial charge in [0.2, 0.25) is 0 Å². The number of carbonyl (C=O) groups is 1. The minimum Gasteiger partial charge on any atom is -0.469 e. The van der Waals surface area contributed by atoms with Gasteiger partial charge in [-0.05, 0) is 19.8 Å². The van der Waals surface area contributed by atoms with Crippen LogP contribution in [-0.4, -0.2) is 37.1 Å². The summed E-state index contributed by atoms with van der Waals surface area (Å²) in [6.45, 7) is 6.45. The number of hydrogen-bond acceptors (Lipinski definition) is 3. The zero-order chi connectivity index (χ0) is 9.14. The van der Waals surface area contributed by atoms with Crippen LogP contribution in [0.1, 0.15) is 20.3 Å². The molecule has 1 fully saturated rings. The van der Waals surface area contributed by atoms with Gasteiger partial charge < -0.3 is 9.64 Å². The lowest BCUT2D eigenvalue weighted by Crippen LogP contribution is -2.50. The molecule has 1 heterocycles. The molecule has 3 nitrogen and oxygen atoms in total. The summed E-state index contributed by atoms with van der Waals surface area (Å²) >= 11 is 0. The Balaban J connectivity index is 2.13. The number of rotatable bonds is 3. The summed E-state index contributed by atoms with van der Waals surface area (Å²) in [4.78, 5) is 13.2. The molecular formula is C9H17NO2. The van der Waals surface area contributed by atoms with Gasteiger partial charge in [0, 0.05) is 19.1 Å². The highest BCUT2D eigenvalue weighted by Gasteiger charge is 2.30. The number of ether oxygens (including phenoxy) is 1. The molecule has 0 unspecified atom stereocenters. The van der Waals surface area contributed by atoms with Gasteiger partial charge in [-0.3, -0.25) is 4.79 Å². The fraction of sp³-hybridized carbons (Fsp3) is 0.889. The van der Waals surface area contributed by atoms with Crippen molar-refractivity contribution in [2.24, 2.45) is 5.92 Å². The second-order valence-corrected chi connectivity index (χ2v) is 3.69. The Morgan fingerprint density at radius 2 is 2.17 bits per heavy atom. The van der Waals surface area contributed by atoms with Crippen molar-refractivity contribution in [3.8, 4) is 0 Å². The molecule has 3 heteroatoms. The van der Waals surface area contributed by atoms with Gasteiger partial charge in [-0.1, -0.05) is 0 Å². The third-order valence-electron chi connectivity index (χ3n) is 2.40. The highest BCUT2D eigenvalue weighted by atomic mass is 16.5. The molecule has 0 aromatic rings. The fourth-order valence-corrected chi connectivity index (χ4v) is 1.48. The molecule has 1 aliphatic rings. The summed E-state index contributed by atoms with van der Waals surface area (Å²) in [6.07, 6.45) is 0.583. The Bertz CT molecular complexity index is 162. The normalized spacial score (nSPS) is 19.3. The van der Waals surface area contributed by atoms with Crippen LogP contribution in [0.15, 0.2) is 0 Å². The van der Waals surface area contributed by atoms with Gasteiger partial charge in [0.25, 0.3) is 0 Å². The van der Waals surface area contributed by atoms with Gasteiger partial charge in [0.05, 0.1) is 13.5 Å². The van der Waals surface area contributed by atoms with Crippen LogP contribution in [0.3, 0.4) is 0 Å². The van der Waals surface area contributed by atoms with Crippen LogP contribution in [0.25, 0.3) is 0 Å². The number of likely N-dealkylation sites (tertiary alicyclic amines) is 1. The summed E-state index contributed by atoms with van der Waals surface area (Å²) in [5.41, 5.74) is 0. The molecular weight excluding hydrogens is 154 g/mol. The lowest BCUT2D eigenvalue weighted by atomic mass is 9.95. The first-order valence-electron chi connectivity index (χ1n) is 4.44. The van der Waals surface area contributed by atoms with Crippen LogP contribution in [0.4, 0.5) is 0 Å². The van der Waals surface area contributed by atoms with Gasteiger partial charge in [0.1, 0.15) is 0 Å². The standard InChI is InChI=1S/C9H17NO2/c1-7(2)10-5-8(6-10)4-9(11)12-3/h7-8H,4-6H2,1-3H3. The molecule has 0 aromatic carbocycles. The van der Waals surface area contributed by atoms with Crippen LogP contribution < -0.4 is 0 Å². The van der Waals surface area contributed by atoms with E-state index < -0.39 is 0 Å². The van der Waals surface area contributed by atoms with Crippen molar-refractivity contribution in [3.05, 3.63) is 0 Å². The summed E-state index contributed by atoms with van der Waals surface area (Å²) < 4.78 is 4.59. The van der Waals surface area contributed by atoms with Crippen LogP contribution in [0.2, 0.25) is 0 Å². The Labute approximate surface area is 73.7 Å². The van der Waals surface area contributed by atoms with E-state index >= 15 is 0 Å². The third-order valence-corrected chi connectivity index (χ3v) is 2.40. The van der Waals surface area contributed by atoms with Crippen molar-refractivity contribution < 1.29 is 9.53 Å². The number of esters is 1. The number of carbonyl (C=O) groups excluding carboxylic acids is 1. The SMILES string of the molecule is COC(=O)CC1CN(C(C)C)C1. The van der Waals surface area contributed by atoms with Crippen molar-refractivity contribution in [1.82, 2.24) is 4.90 Å². The Kier molecular flexibility index (Phi) is 3.09. The molecule has 1 aliphatic heterocycles. The molecule has 70 valence electrons. The second kappa shape index (κ2) is 3.90. The smallest absolute Gasteiger partial charge is 0.305 e. The zero-order valence-corrected chi connectivity index (χ0v) is 8.04. The van der Waals surface area contributed by atoms with E-state index in [1.54, 1.807) is 0 Å². The largest absolute Gasteiger partial charge is 0.469 e. The third kappa shape index (κ3) is 2.21. The first kappa shape index (κ1) is 9.52. The minimum absolute atomic E-state index is 0.0802. The summed E-state index contributed by atoms with van der Waals surface area (Å²) in [6, 6.07) is 0.610. The van der Waals surface area contributed by atoms with Gasteiger partial charge in [0.15, 0.2) is 0 Å². The molecule has 0 aliphatic carbocycles. The Morgan fingerprint density at radius 3 is 2.58 bits per heavy atom. The highest BCUT2D eigenvalue weighted by Crippen LogP contribution is 2.21. The lowest BCUT2D eigenvalue weighted by molar-refractivity contribution is -0.143. The molecule has 0 aromatic heterocycles. The van der Waals surface area contributed by atoms with E-state index in [0.717, 1.165) is 13.1 Å². The quantitative estimate of drug-likeness (QED) is 0.591. The first-order valence-corrected chi connectivity index (χ1v) is 4.44. The van der Waals surface area contributed by atoms with Crippen molar-refractivity contribution in [1.29, 1.82) is 0 Å². The summed E-state index contributed by atoms with van der Waals surface area (Å²) in [5.74, 6) is 0.447. The average Bonchev–Trinajstić information content (AvgIpc) is 1.94. The highest BCUT2D eigenvalue weighted by molar-refractivity contribution is 5.69. The van der Waals surface area contributed by atoms with Gasteiger partial charge >= 0.3 is 5.97 Å². The van der Waals surface area contributed by atoms with Crippen molar-refractivity contribution in [2.45, 2.75) is 26.3 Å². The predicted molar refractivity (Wildman–Crippen MR) is 46.8 cm³/mol. The average molecular weight is 171 g/mol. The molecule has 0 spiro atoms. The Morgan fingerprint density at radius 1 is 1.58 bits per heavy atom. The van der Waals surface area contributed by atoms with Crippen LogP contribution in [0.5, 0.6) is 0 Å². The molecule has 0 amide bonds. The van der Waals surface area contributed by atoms with E-state index in [9.17, 15) is 4.79 Å². The summed E-state index contributed by atoms with van der Waals surface area (Å²) in [7, 11) is 1.45. The number of methoxy groups -OCH3 is 1. The molecule has 0 bridgehead atoms. The van der Waals surface area contributed by atoms with Gasteiger partial charge in [-0.25, -0.2) is 0 Å². The molecule has 1 saturated heterocycles. The first-order chi connectivity index (χ1) is 5.63. The van der Waals surface area contributed by atoms with E-state index in [4.69, 9.17) is 0 Å². The molecule has 0 saturated carbocycles. The number of hydrogen-bond donors (Lipinski definition) is 0. The Hall–Kier alpha value is -0.570. The zero-order valence-electron chi connectivity index (χ0n) is 8.04. The molecule has 0 N–H and O–H groups in total. The van der Waals surface area contributed by atoms with Gasteiger partial charge in [-0.15, -0.1) is 0 Å². The van der Waals surface area contributed by atoms with E-state index in [2.05, 4.69) is 23.5 Å². The molecule has 1 rings (SSSR count).